The predicted octanol–water partition coefficient (Wildman–Crippen LogP) is 1.92. The summed E-state index contributed by atoms with van der Waals surface area (Å²) in [5.41, 5.74) is 0. The Morgan fingerprint density at radius 1 is 1.38 bits per heavy atom. The summed E-state index contributed by atoms with van der Waals surface area (Å²) in [6.07, 6.45) is 3.89. The van der Waals surface area contributed by atoms with E-state index in [1.165, 1.54) is 19.3 Å². The molecule has 0 spiro atoms. The van der Waals surface area contributed by atoms with E-state index in [0.717, 1.165) is 17.6 Å². The molecule has 0 aromatic heterocycles. The van der Waals surface area contributed by atoms with Crippen molar-refractivity contribution in [2.45, 2.75) is 39.2 Å². The van der Waals surface area contributed by atoms with Crippen LogP contribution in [0.25, 0.3) is 0 Å². The largest absolute Gasteiger partial charge is 0.383 e. The number of hydrogen-bond acceptors (Lipinski definition) is 2. The number of nitrogens with one attached hydrogen (secondary N) is 2. The first-order valence-electron chi connectivity index (χ1n) is 6.18. The minimum atomic E-state index is 0.534. The van der Waals surface area contributed by atoms with Gasteiger partial charge < -0.3 is 15.4 Å². The van der Waals surface area contributed by atoms with Crippen LogP contribution in [0.3, 0.4) is 0 Å². The highest BCUT2D eigenvalue weighted by atomic mass is 32.1. The zero-order chi connectivity index (χ0) is 12.0. The van der Waals surface area contributed by atoms with Crippen LogP contribution >= 0.6 is 12.2 Å². The van der Waals surface area contributed by atoms with Crippen LogP contribution in [-0.4, -0.2) is 31.4 Å². The molecule has 3 nitrogen and oxygen atoms in total. The van der Waals surface area contributed by atoms with Crippen molar-refractivity contribution in [3.05, 3.63) is 0 Å². The molecule has 0 aromatic rings. The van der Waals surface area contributed by atoms with E-state index < -0.39 is 0 Å². The van der Waals surface area contributed by atoms with E-state index in [1.54, 1.807) is 7.11 Å². The third kappa shape index (κ3) is 4.26. The van der Waals surface area contributed by atoms with Crippen molar-refractivity contribution >= 4 is 17.3 Å². The average molecular weight is 244 g/mol. The second kappa shape index (κ2) is 7.07. The second-order valence-corrected chi connectivity index (χ2v) is 5.18. The number of thiocarbonyl (C=S) groups is 1. The Hall–Kier alpha value is -0.350. The molecule has 1 fully saturated rings. The molecule has 0 aliphatic heterocycles. The SMILES string of the molecule is COCCNC(=S)N[C@@H]1CCC[C@@H](C)[C@@H]1C. The molecule has 2 N–H and O–H groups in total. The molecular formula is C12H24N2OS. The van der Waals surface area contributed by atoms with Crippen LogP contribution in [0.1, 0.15) is 33.1 Å². The minimum Gasteiger partial charge on any atom is -0.383 e. The highest BCUT2D eigenvalue weighted by Crippen LogP contribution is 2.29. The lowest BCUT2D eigenvalue weighted by atomic mass is 9.78. The van der Waals surface area contributed by atoms with Gasteiger partial charge in [0.15, 0.2) is 5.11 Å². The number of hydrogen-bond donors (Lipinski definition) is 2. The van der Waals surface area contributed by atoms with Crippen LogP contribution in [0.2, 0.25) is 0 Å². The Balaban J connectivity index is 2.26. The van der Waals surface area contributed by atoms with E-state index in [4.69, 9.17) is 17.0 Å². The van der Waals surface area contributed by atoms with Crippen LogP contribution in [0, 0.1) is 11.8 Å². The van der Waals surface area contributed by atoms with Crippen molar-refractivity contribution < 1.29 is 4.74 Å². The molecule has 4 heteroatoms. The van der Waals surface area contributed by atoms with Gasteiger partial charge in [-0.15, -0.1) is 0 Å². The molecule has 0 heterocycles. The molecule has 0 unspecified atom stereocenters. The van der Waals surface area contributed by atoms with Gasteiger partial charge in [0, 0.05) is 19.7 Å². The molecule has 94 valence electrons. The van der Waals surface area contributed by atoms with E-state index >= 15 is 0 Å². The molecular weight excluding hydrogens is 220 g/mol. The maximum atomic E-state index is 5.26. The first-order chi connectivity index (χ1) is 7.65. The van der Waals surface area contributed by atoms with Gasteiger partial charge in [-0.1, -0.05) is 26.7 Å². The molecule has 0 aromatic carbocycles. The van der Waals surface area contributed by atoms with Crippen LogP contribution < -0.4 is 10.6 Å². The predicted molar refractivity (Wildman–Crippen MR) is 71.6 cm³/mol. The zero-order valence-electron chi connectivity index (χ0n) is 10.6. The summed E-state index contributed by atoms with van der Waals surface area (Å²) in [4.78, 5) is 0. The third-order valence-electron chi connectivity index (χ3n) is 3.62. The van der Waals surface area contributed by atoms with Crippen LogP contribution in [0.15, 0.2) is 0 Å². The Morgan fingerprint density at radius 3 is 2.81 bits per heavy atom. The quantitative estimate of drug-likeness (QED) is 0.585. The summed E-state index contributed by atoms with van der Waals surface area (Å²) in [6.45, 7) is 6.12. The molecule has 0 saturated heterocycles. The number of rotatable bonds is 4. The lowest BCUT2D eigenvalue weighted by Crippen LogP contribution is -2.48. The second-order valence-electron chi connectivity index (χ2n) is 4.77. The van der Waals surface area contributed by atoms with Crippen molar-refractivity contribution in [1.29, 1.82) is 0 Å². The highest BCUT2D eigenvalue weighted by Gasteiger charge is 2.27. The fourth-order valence-electron chi connectivity index (χ4n) is 2.27. The van der Waals surface area contributed by atoms with Gasteiger partial charge in [-0.25, -0.2) is 0 Å². The first kappa shape index (κ1) is 13.7. The topological polar surface area (TPSA) is 33.3 Å². The summed E-state index contributed by atoms with van der Waals surface area (Å²) in [5.74, 6) is 1.50. The molecule has 1 saturated carbocycles. The van der Waals surface area contributed by atoms with E-state index in [1.807, 2.05) is 0 Å². The van der Waals surface area contributed by atoms with Crippen molar-refractivity contribution in [3.8, 4) is 0 Å². The minimum absolute atomic E-state index is 0.534. The average Bonchev–Trinajstić information content (AvgIpc) is 2.25. The van der Waals surface area contributed by atoms with Gasteiger partial charge in [-0.3, -0.25) is 0 Å². The van der Waals surface area contributed by atoms with Gasteiger partial charge >= 0.3 is 0 Å². The van der Waals surface area contributed by atoms with Gasteiger partial charge in [0.1, 0.15) is 0 Å². The Bertz CT molecular complexity index is 223. The molecule has 1 aliphatic carbocycles. The van der Waals surface area contributed by atoms with Crippen molar-refractivity contribution in [1.82, 2.24) is 10.6 Å². The van der Waals surface area contributed by atoms with Crippen molar-refractivity contribution in [2.24, 2.45) is 11.8 Å². The monoisotopic (exact) mass is 244 g/mol. The first-order valence-corrected chi connectivity index (χ1v) is 6.59. The van der Waals surface area contributed by atoms with Gasteiger partial charge in [0.2, 0.25) is 0 Å². The smallest absolute Gasteiger partial charge is 0.166 e. The molecule has 0 bridgehead atoms. The summed E-state index contributed by atoms with van der Waals surface area (Å²) in [7, 11) is 1.70. The van der Waals surface area contributed by atoms with Crippen molar-refractivity contribution in [3.63, 3.8) is 0 Å². The lowest BCUT2D eigenvalue weighted by molar-refractivity contribution is 0.202. The van der Waals surface area contributed by atoms with Crippen LogP contribution in [0.5, 0.6) is 0 Å². The molecule has 3 atom stereocenters. The molecule has 0 radical (unpaired) electrons. The van der Waals surface area contributed by atoms with E-state index in [2.05, 4.69) is 24.5 Å². The van der Waals surface area contributed by atoms with Crippen LogP contribution in [-0.2, 0) is 4.74 Å². The zero-order valence-corrected chi connectivity index (χ0v) is 11.4. The maximum Gasteiger partial charge on any atom is 0.166 e. The maximum absolute atomic E-state index is 5.26. The molecule has 16 heavy (non-hydrogen) atoms. The van der Waals surface area contributed by atoms with Crippen molar-refractivity contribution in [2.75, 3.05) is 20.3 Å². The summed E-state index contributed by atoms with van der Waals surface area (Å²) >= 11 is 5.26. The Labute approximate surface area is 104 Å². The van der Waals surface area contributed by atoms with Gasteiger partial charge in [-0.05, 0) is 30.5 Å². The van der Waals surface area contributed by atoms with Gasteiger partial charge in [0.25, 0.3) is 0 Å². The Kier molecular flexibility index (Phi) is 6.06. The highest BCUT2D eigenvalue weighted by molar-refractivity contribution is 7.80. The molecule has 0 amide bonds. The number of ether oxygens (including phenoxy) is 1. The standard InChI is InChI=1S/C12H24N2OS/c1-9-5-4-6-11(10(9)2)14-12(16)13-7-8-15-3/h9-11H,4-8H2,1-3H3,(H2,13,14,16)/t9-,10+,11-/m1/s1. The molecule has 1 rings (SSSR count). The normalized spacial score (nSPS) is 29.8. The summed E-state index contributed by atoms with van der Waals surface area (Å²) < 4.78 is 4.97. The van der Waals surface area contributed by atoms with E-state index in [9.17, 15) is 0 Å². The van der Waals surface area contributed by atoms with Gasteiger partial charge in [0.05, 0.1) is 6.61 Å². The lowest BCUT2D eigenvalue weighted by Gasteiger charge is -2.35. The fraction of sp³-hybridized carbons (Fsp3) is 0.917. The summed E-state index contributed by atoms with van der Waals surface area (Å²) in [6, 6.07) is 0.534. The third-order valence-corrected chi connectivity index (χ3v) is 3.88. The molecule has 1 aliphatic rings. The van der Waals surface area contributed by atoms with E-state index in [-0.39, 0.29) is 0 Å². The summed E-state index contributed by atoms with van der Waals surface area (Å²) in [5, 5.41) is 7.35. The van der Waals surface area contributed by atoms with Gasteiger partial charge in [-0.2, -0.15) is 0 Å². The van der Waals surface area contributed by atoms with E-state index in [0.29, 0.717) is 18.6 Å². The fourth-order valence-corrected chi connectivity index (χ4v) is 2.53. The van der Waals surface area contributed by atoms with Crippen LogP contribution in [0.4, 0.5) is 0 Å². The Morgan fingerprint density at radius 2 is 2.12 bits per heavy atom. The number of methoxy groups -OCH3 is 1.